The summed E-state index contributed by atoms with van der Waals surface area (Å²) in [5, 5.41) is 7.19. The van der Waals surface area contributed by atoms with Gasteiger partial charge in [0.15, 0.2) is 17.5 Å². The van der Waals surface area contributed by atoms with Crippen LogP contribution >= 0.6 is 0 Å². The van der Waals surface area contributed by atoms with E-state index in [-0.39, 0.29) is 5.41 Å². The van der Waals surface area contributed by atoms with Crippen LogP contribution in [0, 0.1) is 6.92 Å². The normalized spacial score (nSPS) is 13.1. The quantitative estimate of drug-likeness (QED) is 0.176. The molecular weight excluding hydrogens is 631 g/mol. The number of hydrogen-bond donors (Lipinski definition) is 0. The van der Waals surface area contributed by atoms with Gasteiger partial charge in [-0.2, -0.15) is 0 Å². The maximum Gasteiger partial charge on any atom is 0.164 e. The molecule has 9 aromatic rings. The monoisotopic (exact) mass is 665 g/mol. The van der Waals surface area contributed by atoms with Crippen LogP contribution in [0.25, 0.3) is 88.7 Å². The highest BCUT2D eigenvalue weighted by Crippen LogP contribution is 2.50. The topological polar surface area (TPSA) is 38.7 Å². The number of hydrogen-bond acceptors (Lipinski definition) is 3. The van der Waals surface area contributed by atoms with Gasteiger partial charge in [-0.05, 0) is 90.8 Å². The minimum Gasteiger partial charge on any atom is -0.208 e. The largest absolute Gasteiger partial charge is 0.208 e. The molecule has 0 fully saturated rings. The zero-order chi connectivity index (χ0) is 35.0. The fourth-order valence-corrected chi connectivity index (χ4v) is 8.09. The van der Waals surface area contributed by atoms with Gasteiger partial charge in [0.05, 0.1) is 0 Å². The first kappa shape index (κ1) is 30.4. The van der Waals surface area contributed by atoms with E-state index in [0.717, 1.165) is 27.5 Å². The zero-order valence-electron chi connectivity index (χ0n) is 29.4. The van der Waals surface area contributed by atoms with Crippen molar-refractivity contribution in [3.05, 3.63) is 174 Å². The first-order valence-electron chi connectivity index (χ1n) is 17.9. The third-order valence-electron chi connectivity index (χ3n) is 11.0. The number of fused-ring (bicyclic) bond motifs is 7. The Bertz CT molecular complexity index is 2880. The van der Waals surface area contributed by atoms with Gasteiger partial charge in [0.25, 0.3) is 0 Å². The lowest BCUT2D eigenvalue weighted by Gasteiger charge is -2.22. The van der Waals surface area contributed by atoms with Gasteiger partial charge < -0.3 is 0 Å². The molecule has 52 heavy (non-hydrogen) atoms. The van der Waals surface area contributed by atoms with Gasteiger partial charge in [-0.1, -0.05) is 159 Å². The molecule has 1 aromatic heterocycles. The van der Waals surface area contributed by atoms with E-state index in [1.165, 1.54) is 60.5 Å². The van der Waals surface area contributed by atoms with Crippen molar-refractivity contribution >= 4 is 32.3 Å². The molecule has 246 valence electrons. The molecule has 0 radical (unpaired) electrons. The number of aryl methyl sites for hydroxylation is 1. The molecular formula is C49H35N3. The summed E-state index contributed by atoms with van der Waals surface area (Å²) in [4.78, 5) is 15.3. The molecule has 0 saturated heterocycles. The Kier molecular flexibility index (Phi) is 6.74. The molecule has 0 bridgehead atoms. The zero-order valence-corrected chi connectivity index (χ0v) is 29.4. The molecule has 3 nitrogen and oxygen atoms in total. The average molecular weight is 666 g/mol. The number of benzene rings is 8. The first-order valence-corrected chi connectivity index (χ1v) is 17.9. The van der Waals surface area contributed by atoms with Crippen molar-refractivity contribution in [2.75, 3.05) is 0 Å². The molecule has 0 amide bonds. The molecule has 0 unspecified atom stereocenters. The van der Waals surface area contributed by atoms with E-state index in [0.29, 0.717) is 17.5 Å². The van der Waals surface area contributed by atoms with Crippen LogP contribution in [0.2, 0.25) is 0 Å². The van der Waals surface area contributed by atoms with E-state index in [1.807, 2.05) is 0 Å². The fraction of sp³-hybridized carbons (Fsp3) is 0.0816. The SMILES string of the molecule is Cc1ccc2c(c1)C(C)(C)c1cc(-c3ccc(-c4nc(-c5ccc6ccccc6c5)nc(-c5ccc6c(ccc7ccccc76)c5)n4)cc3)ccc1-2. The van der Waals surface area contributed by atoms with Crippen LogP contribution in [-0.2, 0) is 5.41 Å². The summed E-state index contributed by atoms with van der Waals surface area (Å²) >= 11 is 0. The molecule has 1 aliphatic carbocycles. The summed E-state index contributed by atoms with van der Waals surface area (Å²) in [7, 11) is 0. The minimum absolute atomic E-state index is 0.0526. The smallest absolute Gasteiger partial charge is 0.164 e. The standard InChI is InChI=1S/C49H35N3/c1-30-12-23-42-43-25-21-36(29-45(43)49(2,3)44(42)26-30)32-13-17-34(18-14-32)46-50-47(38-20-15-31-8-4-5-10-35(31)27-38)52-48(51-46)39-22-24-41-37(28-39)19-16-33-9-6-7-11-40(33)41/h4-29H,1-3H3. The van der Waals surface area contributed by atoms with E-state index in [1.54, 1.807) is 0 Å². The fourth-order valence-electron chi connectivity index (χ4n) is 8.09. The second kappa shape index (κ2) is 11.5. The number of rotatable bonds is 4. The molecule has 3 heteroatoms. The summed E-state index contributed by atoms with van der Waals surface area (Å²) in [5.74, 6) is 1.96. The van der Waals surface area contributed by atoms with Crippen LogP contribution in [0.3, 0.4) is 0 Å². The molecule has 1 heterocycles. The highest BCUT2D eigenvalue weighted by atomic mass is 15.0. The van der Waals surface area contributed by atoms with Gasteiger partial charge in [0.2, 0.25) is 0 Å². The molecule has 0 N–H and O–H groups in total. The lowest BCUT2D eigenvalue weighted by Crippen LogP contribution is -2.15. The van der Waals surface area contributed by atoms with E-state index in [4.69, 9.17) is 15.0 Å². The van der Waals surface area contributed by atoms with Crippen LogP contribution in [0.4, 0.5) is 0 Å². The van der Waals surface area contributed by atoms with Crippen molar-refractivity contribution in [1.29, 1.82) is 0 Å². The third-order valence-corrected chi connectivity index (χ3v) is 11.0. The third kappa shape index (κ3) is 4.92. The van der Waals surface area contributed by atoms with Crippen molar-refractivity contribution in [2.24, 2.45) is 0 Å². The van der Waals surface area contributed by atoms with Gasteiger partial charge >= 0.3 is 0 Å². The van der Waals surface area contributed by atoms with Crippen LogP contribution < -0.4 is 0 Å². The predicted molar refractivity (Wildman–Crippen MR) is 216 cm³/mol. The second-order valence-electron chi connectivity index (χ2n) is 14.6. The molecule has 1 aliphatic rings. The van der Waals surface area contributed by atoms with Gasteiger partial charge in [-0.25, -0.2) is 15.0 Å². The minimum atomic E-state index is -0.0526. The van der Waals surface area contributed by atoms with Crippen molar-refractivity contribution < 1.29 is 0 Å². The van der Waals surface area contributed by atoms with Crippen LogP contribution in [0.1, 0.15) is 30.5 Å². The highest BCUT2D eigenvalue weighted by Gasteiger charge is 2.35. The van der Waals surface area contributed by atoms with Crippen LogP contribution in [0.5, 0.6) is 0 Å². The van der Waals surface area contributed by atoms with Crippen molar-refractivity contribution in [3.63, 3.8) is 0 Å². The predicted octanol–water partition coefficient (Wildman–Crippen LogP) is 12.6. The number of aromatic nitrogens is 3. The Balaban J connectivity index is 1.07. The summed E-state index contributed by atoms with van der Waals surface area (Å²) in [6.45, 7) is 6.86. The van der Waals surface area contributed by atoms with Crippen molar-refractivity contribution in [2.45, 2.75) is 26.2 Å². The van der Waals surface area contributed by atoms with Gasteiger partial charge in [-0.15, -0.1) is 0 Å². The Labute approximate surface area is 303 Å². The lowest BCUT2D eigenvalue weighted by atomic mass is 9.81. The van der Waals surface area contributed by atoms with Gasteiger partial charge in [-0.3, -0.25) is 0 Å². The summed E-state index contributed by atoms with van der Waals surface area (Å²) in [6.07, 6.45) is 0. The maximum atomic E-state index is 5.11. The van der Waals surface area contributed by atoms with E-state index in [9.17, 15) is 0 Å². The maximum absolute atomic E-state index is 5.11. The summed E-state index contributed by atoms with van der Waals surface area (Å²) in [5.41, 5.74) is 12.0. The van der Waals surface area contributed by atoms with E-state index >= 15 is 0 Å². The molecule has 0 spiro atoms. The van der Waals surface area contributed by atoms with Crippen LogP contribution in [-0.4, -0.2) is 15.0 Å². The van der Waals surface area contributed by atoms with Crippen LogP contribution in [0.15, 0.2) is 158 Å². The molecule has 8 aromatic carbocycles. The van der Waals surface area contributed by atoms with Crippen molar-refractivity contribution in [1.82, 2.24) is 15.0 Å². The Hall–Kier alpha value is -6.45. The van der Waals surface area contributed by atoms with E-state index < -0.39 is 0 Å². The Morgan fingerprint density at radius 2 is 0.865 bits per heavy atom. The number of nitrogens with zero attached hydrogens (tertiary/aromatic N) is 3. The Morgan fingerprint density at radius 1 is 0.365 bits per heavy atom. The van der Waals surface area contributed by atoms with Crippen molar-refractivity contribution in [3.8, 4) is 56.4 Å². The summed E-state index contributed by atoms with van der Waals surface area (Å²) in [6, 6.07) is 56.7. The van der Waals surface area contributed by atoms with Gasteiger partial charge in [0.1, 0.15) is 0 Å². The first-order chi connectivity index (χ1) is 25.4. The lowest BCUT2D eigenvalue weighted by molar-refractivity contribution is 0.660. The molecule has 10 rings (SSSR count). The van der Waals surface area contributed by atoms with E-state index in [2.05, 4.69) is 178 Å². The molecule has 0 aliphatic heterocycles. The summed E-state index contributed by atoms with van der Waals surface area (Å²) < 4.78 is 0. The average Bonchev–Trinajstić information content (AvgIpc) is 3.41. The van der Waals surface area contributed by atoms with Gasteiger partial charge in [0, 0.05) is 22.1 Å². The Morgan fingerprint density at radius 3 is 1.63 bits per heavy atom. The highest BCUT2D eigenvalue weighted by molar-refractivity contribution is 6.08. The molecule has 0 atom stereocenters. The molecule has 0 saturated carbocycles. The second-order valence-corrected chi connectivity index (χ2v) is 14.6.